The van der Waals surface area contributed by atoms with E-state index in [2.05, 4.69) is 22.5 Å². The minimum absolute atomic E-state index is 0. The average molecular weight is 445 g/mol. The smallest absolute Gasteiger partial charge is 0.357 e. The Kier molecular flexibility index (Phi) is 7.09. The molecule has 130 valence electrons. The Bertz CT molecular complexity index is 560. The molecule has 1 saturated carbocycles. The van der Waals surface area contributed by atoms with Gasteiger partial charge >= 0.3 is 6.18 Å². The first-order valence-electron chi connectivity index (χ1n) is 7.21. The summed E-state index contributed by atoms with van der Waals surface area (Å²) < 4.78 is 51.8. The number of guanidine groups is 1. The van der Waals surface area contributed by atoms with Crippen LogP contribution in [0.4, 0.5) is 17.6 Å². The van der Waals surface area contributed by atoms with Crippen molar-refractivity contribution in [1.82, 2.24) is 10.6 Å². The van der Waals surface area contributed by atoms with Crippen LogP contribution in [0.25, 0.3) is 0 Å². The van der Waals surface area contributed by atoms with Crippen molar-refractivity contribution in [2.45, 2.75) is 39.0 Å². The second kappa shape index (κ2) is 8.16. The van der Waals surface area contributed by atoms with E-state index in [4.69, 9.17) is 0 Å². The molecule has 2 unspecified atom stereocenters. The Labute approximate surface area is 150 Å². The lowest BCUT2D eigenvalue weighted by Gasteiger charge is -2.14. The van der Waals surface area contributed by atoms with Crippen molar-refractivity contribution in [1.29, 1.82) is 0 Å². The maximum absolute atomic E-state index is 13.1. The third kappa shape index (κ3) is 5.82. The normalized spacial score (nSPS) is 20.7. The van der Waals surface area contributed by atoms with Crippen molar-refractivity contribution in [3.8, 4) is 0 Å². The van der Waals surface area contributed by atoms with Gasteiger partial charge in [-0.25, -0.2) is 9.38 Å². The zero-order valence-corrected chi connectivity index (χ0v) is 15.2. The van der Waals surface area contributed by atoms with E-state index in [0.29, 0.717) is 30.5 Å². The van der Waals surface area contributed by atoms with E-state index < -0.39 is 17.6 Å². The lowest BCUT2D eigenvalue weighted by atomic mass is 10.1. The van der Waals surface area contributed by atoms with Crippen LogP contribution in [-0.2, 0) is 12.7 Å². The number of hydrogen-bond donors (Lipinski definition) is 2. The van der Waals surface area contributed by atoms with E-state index in [1.807, 2.05) is 6.92 Å². The second-order valence-electron chi connectivity index (χ2n) is 5.46. The molecule has 0 saturated heterocycles. The molecular formula is C15H20F4IN3. The fourth-order valence-corrected chi connectivity index (χ4v) is 2.13. The van der Waals surface area contributed by atoms with Gasteiger partial charge < -0.3 is 10.6 Å². The Balaban J connectivity index is 0.00000264. The number of rotatable bonds is 4. The maximum Gasteiger partial charge on any atom is 0.416 e. The zero-order valence-electron chi connectivity index (χ0n) is 12.9. The first kappa shape index (κ1) is 20.0. The molecule has 2 N–H and O–H groups in total. The van der Waals surface area contributed by atoms with Crippen LogP contribution in [0, 0.1) is 11.7 Å². The molecule has 0 amide bonds. The SMILES string of the molecule is CCNC(=NCc1ccc(F)cc1C(F)(F)F)NC1CC1C.I. The molecule has 0 aliphatic heterocycles. The molecule has 1 aliphatic carbocycles. The molecule has 0 bridgehead atoms. The molecule has 1 fully saturated rings. The molecule has 1 aliphatic rings. The maximum atomic E-state index is 13.1. The van der Waals surface area contributed by atoms with Crippen molar-refractivity contribution < 1.29 is 17.6 Å². The highest BCUT2D eigenvalue weighted by Gasteiger charge is 2.34. The predicted octanol–water partition coefficient (Wildman–Crippen LogP) is 3.93. The van der Waals surface area contributed by atoms with Gasteiger partial charge in [0.05, 0.1) is 12.1 Å². The minimum Gasteiger partial charge on any atom is -0.357 e. The van der Waals surface area contributed by atoms with Gasteiger partial charge in [0.2, 0.25) is 0 Å². The summed E-state index contributed by atoms with van der Waals surface area (Å²) in [5.74, 6) is 0.117. The third-order valence-corrected chi connectivity index (χ3v) is 3.56. The van der Waals surface area contributed by atoms with Crippen molar-refractivity contribution >= 4 is 29.9 Å². The Morgan fingerprint density at radius 1 is 1.35 bits per heavy atom. The topological polar surface area (TPSA) is 36.4 Å². The molecule has 3 nitrogen and oxygen atoms in total. The fraction of sp³-hybridized carbons (Fsp3) is 0.533. The number of halogens is 5. The number of nitrogens with one attached hydrogen (secondary N) is 2. The lowest BCUT2D eigenvalue weighted by Crippen LogP contribution is -2.39. The van der Waals surface area contributed by atoms with E-state index in [1.165, 1.54) is 0 Å². The summed E-state index contributed by atoms with van der Waals surface area (Å²) in [6.07, 6.45) is -3.57. The van der Waals surface area contributed by atoms with Gasteiger partial charge in [0.25, 0.3) is 0 Å². The predicted molar refractivity (Wildman–Crippen MR) is 92.3 cm³/mol. The summed E-state index contributed by atoms with van der Waals surface area (Å²) in [6.45, 7) is 4.42. The standard InChI is InChI=1S/C15H19F4N3.HI/c1-3-20-14(22-13-6-9(13)2)21-8-10-4-5-11(16)7-12(10)15(17,18)19;/h4-5,7,9,13H,3,6,8H2,1-2H3,(H2,20,21,22);1H. The third-order valence-electron chi connectivity index (χ3n) is 3.56. The van der Waals surface area contributed by atoms with Crippen LogP contribution in [0.15, 0.2) is 23.2 Å². The molecule has 2 atom stereocenters. The lowest BCUT2D eigenvalue weighted by molar-refractivity contribution is -0.138. The minimum atomic E-state index is -4.59. The fourth-order valence-electron chi connectivity index (χ4n) is 2.13. The highest BCUT2D eigenvalue weighted by atomic mass is 127. The molecule has 0 radical (unpaired) electrons. The van der Waals surface area contributed by atoms with E-state index in [9.17, 15) is 17.6 Å². The van der Waals surface area contributed by atoms with Crippen molar-refractivity contribution in [2.75, 3.05) is 6.54 Å². The molecule has 8 heteroatoms. The largest absolute Gasteiger partial charge is 0.416 e. The number of alkyl halides is 3. The van der Waals surface area contributed by atoms with Gasteiger partial charge in [-0.3, -0.25) is 0 Å². The highest BCUT2D eigenvalue weighted by Crippen LogP contribution is 2.33. The molecular weight excluding hydrogens is 425 g/mol. The average Bonchev–Trinajstić information content (AvgIpc) is 3.11. The van der Waals surface area contributed by atoms with Crippen LogP contribution < -0.4 is 10.6 Å². The molecule has 1 aromatic rings. The van der Waals surface area contributed by atoms with Crippen molar-refractivity contribution in [3.63, 3.8) is 0 Å². The first-order chi connectivity index (χ1) is 10.3. The van der Waals surface area contributed by atoms with Crippen molar-refractivity contribution in [2.24, 2.45) is 10.9 Å². The molecule has 1 aromatic carbocycles. The summed E-state index contributed by atoms with van der Waals surface area (Å²) in [6, 6.07) is 2.97. The highest BCUT2D eigenvalue weighted by molar-refractivity contribution is 14.0. The summed E-state index contributed by atoms with van der Waals surface area (Å²) in [5.41, 5.74) is -1.03. The van der Waals surface area contributed by atoms with E-state index in [-0.39, 0.29) is 36.1 Å². The van der Waals surface area contributed by atoms with Crippen LogP contribution in [0.2, 0.25) is 0 Å². The van der Waals surface area contributed by atoms with Gasteiger partial charge in [0.1, 0.15) is 5.82 Å². The van der Waals surface area contributed by atoms with Crippen LogP contribution >= 0.6 is 24.0 Å². The van der Waals surface area contributed by atoms with E-state index in [0.717, 1.165) is 18.6 Å². The summed E-state index contributed by atoms with van der Waals surface area (Å²) in [4.78, 5) is 4.17. The number of nitrogens with zero attached hydrogens (tertiary/aromatic N) is 1. The van der Waals surface area contributed by atoms with E-state index in [1.54, 1.807) is 0 Å². The number of aliphatic imine (C=N–C) groups is 1. The summed E-state index contributed by atoms with van der Waals surface area (Å²) in [5, 5.41) is 6.16. The zero-order chi connectivity index (χ0) is 16.3. The van der Waals surface area contributed by atoms with Crippen LogP contribution in [0.3, 0.4) is 0 Å². The molecule has 0 heterocycles. The quantitative estimate of drug-likeness (QED) is 0.319. The molecule has 23 heavy (non-hydrogen) atoms. The number of hydrogen-bond acceptors (Lipinski definition) is 1. The van der Waals surface area contributed by atoms with E-state index >= 15 is 0 Å². The van der Waals surface area contributed by atoms with Gasteiger partial charge in [0, 0.05) is 12.6 Å². The van der Waals surface area contributed by atoms with Gasteiger partial charge in [-0.15, -0.1) is 24.0 Å². The van der Waals surface area contributed by atoms with Gasteiger partial charge in [0.15, 0.2) is 5.96 Å². The van der Waals surface area contributed by atoms with Gasteiger partial charge in [-0.1, -0.05) is 13.0 Å². The summed E-state index contributed by atoms with van der Waals surface area (Å²) >= 11 is 0. The van der Waals surface area contributed by atoms with Crippen LogP contribution in [0.1, 0.15) is 31.4 Å². The van der Waals surface area contributed by atoms with Crippen LogP contribution in [-0.4, -0.2) is 18.5 Å². The second-order valence-corrected chi connectivity index (χ2v) is 5.46. The molecule has 2 rings (SSSR count). The molecule has 0 spiro atoms. The number of benzene rings is 1. The van der Waals surface area contributed by atoms with Crippen LogP contribution in [0.5, 0.6) is 0 Å². The summed E-state index contributed by atoms with van der Waals surface area (Å²) in [7, 11) is 0. The monoisotopic (exact) mass is 445 g/mol. The van der Waals surface area contributed by atoms with Gasteiger partial charge in [-0.05, 0) is 37.0 Å². The Morgan fingerprint density at radius 2 is 2.00 bits per heavy atom. The van der Waals surface area contributed by atoms with Crippen molar-refractivity contribution in [3.05, 3.63) is 35.1 Å². The Hall–Kier alpha value is -1.06. The molecule has 0 aromatic heterocycles. The first-order valence-corrected chi connectivity index (χ1v) is 7.21. The van der Waals surface area contributed by atoms with Gasteiger partial charge in [-0.2, -0.15) is 13.2 Å². The Morgan fingerprint density at radius 3 is 2.52 bits per heavy atom.